The number of likely N-dealkylation sites (tertiary alicyclic amines) is 1. The molecule has 1 aromatic rings. The molecule has 22 heavy (non-hydrogen) atoms. The highest BCUT2D eigenvalue weighted by atomic mass is 19.4. The number of carboxylic acids is 1. The smallest absolute Gasteiger partial charge is 0.471 e. The average molecular weight is 320 g/mol. The largest absolute Gasteiger partial charge is 0.476 e. The first-order chi connectivity index (χ1) is 10.3. The van der Waals surface area contributed by atoms with Crippen molar-refractivity contribution in [2.45, 2.75) is 44.4 Å². The molecule has 1 amide bonds. The van der Waals surface area contributed by atoms with Crippen molar-refractivity contribution >= 4 is 11.9 Å². The Kier molecular flexibility index (Phi) is 4.67. The quantitative estimate of drug-likeness (QED) is 0.903. The van der Waals surface area contributed by atoms with E-state index >= 15 is 0 Å². The lowest BCUT2D eigenvalue weighted by Crippen LogP contribution is -2.49. The number of aromatic carboxylic acids is 1. The Bertz CT molecular complexity index is 558. The summed E-state index contributed by atoms with van der Waals surface area (Å²) < 4.78 is 39.0. The molecule has 10 heteroatoms. The highest BCUT2D eigenvalue weighted by Crippen LogP contribution is 2.26. The van der Waals surface area contributed by atoms with Gasteiger partial charge in [-0.05, 0) is 25.7 Å². The lowest BCUT2D eigenvalue weighted by Gasteiger charge is -2.36. The second kappa shape index (κ2) is 6.32. The Morgan fingerprint density at radius 2 is 2.09 bits per heavy atom. The molecule has 1 unspecified atom stereocenters. The van der Waals surface area contributed by atoms with Crippen LogP contribution in [0.1, 0.15) is 36.2 Å². The van der Waals surface area contributed by atoms with E-state index in [4.69, 9.17) is 5.11 Å². The first-order valence-electron chi connectivity index (χ1n) is 6.80. The second-order valence-corrected chi connectivity index (χ2v) is 5.11. The second-order valence-electron chi connectivity index (χ2n) is 5.11. The number of carbonyl (C=O) groups excluding carboxylic acids is 1. The van der Waals surface area contributed by atoms with E-state index in [2.05, 4.69) is 10.3 Å². The number of hydrogen-bond acceptors (Lipinski definition) is 4. The summed E-state index contributed by atoms with van der Waals surface area (Å²) >= 11 is 0. The van der Waals surface area contributed by atoms with Gasteiger partial charge in [-0.25, -0.2) is 4.79 Å². The minimum atomic E-state index is -4.88. The van der Waals surface area contributed by atoms with E-state index in [1.54, 1.807) is 0 Å². The van der Waals surface area contributed by atoms with E-state index in [1.807, 2.05) is 0 Å². The molecule has 122 valence electrons. The van der Waals surface area contributed by atoms with Crippen LogP contribution < -0.4 is 0 Å². The van der Waals surface area contributed by atoms with Gasteiger partial charge < -0.3 is 10.0 Å². The Labute approximate surface area is 123 Å². The molecule has 1 N–H and O–H groups in total. The lowest BCUT2D eigenvalue weighted by atomic mass is 9.99. The van der Waals surface area contributed by atoms with Crippen molar-refractivity contribution < 1.29 is 27.9 Å². The molecular weight excluding hydrogens is 305 g/mol. The Balaban J connectivity index is 1.99. The fourth-order valence-electron chi connectivity index (χ4n) is 2.52. The number of carboxylic acid groups (broad SMARTS) is 1. The van der Waals surface area contributed by atoms with Crippen LogP contribution in [-0.4, -0.2) is 55.6 Å². The molecule has 1 aliphatic heterocycles. The minimum Gasteiger partial charge on any atom is -0.476 e. The van der Waals surface area contributed by atoms with Crippen LogP contribution in [0.4, 0.5) is 13.2 Å². The Hall–Kier alpha value is -2.13. The van der Waals surface area contributed by atoms with E-state index in [-0.39, 0.29) is 25.2 Å². The van der Waals surface area contributed by atoms with Gasteiger partial charge in [-0.3, -0.25) is 9.48 Å². The standard InChI is InChI=1S/C12H15F3N4O3/c13-12(14,15)11(22)19-5-2-1-3-8(19)4-6-18-7-9(10(20)21)16-17-18/h7-8H,1-6H2,(H,20,21). The highest BCUT2D eigenvalue weighted by Gasteiger charge is 2.44. The van der Waals surface area contributed by atoms with Gasteiger partial charge in [0.05, 0.1) is 6.20 Å². The zero-order chi connectivity index (χ0) is 16.3. The molecule has 7 nitrogen and oxygen atoms in total. The van der Waals surface area contributed by atoms with E-state index in [9.17, 15) is 22.8 Å². The summed E-state index contributed by atoms with van der Waals surface area (Å²) in [4.78, 5) is 23.0. The molecule has 1 aliphatic rings. The van der Waals surface area contributed by atoms with Crippen molar-refractivity contribution in [3.8, 4) is 0 Å². The molecule has 0 bridgehead atoms. The maximum atomic E-state index is 12.6. The van der Waals surface area contributed by atoms with E-state index in [0.717, 1.165) is 11.3 Å². The summed E-state index contributed by atoms with van der Waals surface area (Å²) in [6.45, 7) is 0.285. The maximum absolute atomic E-state index is 12.6. The van der Waals surface area contributed by atoms with Crippen molar-refractivity contribution in [3.05, 3.63) is 11.9 Å². The average Bonchev–Trinajstić information content (AvgIpc) is 2.93. The number of halogens is 3. The van der Waals surface area contributed by atoms with Gasteiger partial charge in [0.15, 0.2) is 5.69 Å². The minimum absolute atomic E-state index is 0.0841. The highest BCUT2D eigenvalue weighted by molar-refractivity contribution is 5.84. The number of hydrogen-bond donors (Lipinski definition) is 1. The van der Waals surface area contributed by atoms with Gasteiger partial charge >= 0.3 is 18.1 Å². The zero-order valence-corrected chi connectivity index (χ0v) is 11.6. The van der Waals surface area contributed by atoms with Crippen LogP contribution in [0, 0.1) is 0 Å². The number of piperidine rings is 1. The van der Waals surface area contributed by atoms with Gasteiger partial charge in [0.2, 0.25) is 0 Å². The summed E-state index contributed by atoms with van der Waals surface area (Å²) in [6.07, 6.45) is -1.61. The van der Waals surface area contributed by atoms with Gasteiger partial charge in [0.1, 0.15) is 0 Å². The van der Waals surface area contributed by atoms with E-state index in [0.29, 0.717) is 12.8 Å². The first-order valence-corrected chi connectivity index (χ1v) is 6.80. The molecule has 0 saturated carbocycles. The summed E-state index contributed by atoms with van der Waals surface area (Å²) in [7, 11) is 0. The van der Waals surface area contributed by atoms with Gasteiger partial charge in [-0.1, -0.05) is 5.21 Å². The predicted molar refractivity (Wildman–Crippen MR) is 67.0 cm³/mol. The summed E-state index contributed by atoms with van der Waals surface area (Å²) in [5.41, 5.74) is -0.230. The molecule has 1 saturated heterocycles. The molecule has 0 aliphatic carbocycles. The van der Waals surface area contributed by atoms with Crippen LogP contribution in [0.2, 0.25) is 0 Å². The number of aryl methyl sites for hydroxylation is 1. The molecule has 0 aromatic carbocycles. The third kappa shape index (κ3) is 3.74. The fourth-order valence-corrected chi connectivity index (χ4v) is 2.52. The SMILES string of the molecule is O=C(O)c1cn(CCC2CCCCN2C(=O)C(F)(F)F)nn1. The first kappa shape index (κ1) is 16.2. The zero-order valence-electron chi connectivity index (χ0n) is 11.6. The number of carbonyl (C=O) groups is 2. The van der Waals surface area contributed by atoms with E-state index < -0.39 is 24.1 Å². The van der Waals surface area contributed by atoms with Gasteiger partial charge in [-0.15, -0.1) is 5.10 Å². The van der Waals surface area contributed by atoms with Gasteiger partial charge in [0.25, 0.3) is 0 Å². The van der Waals surface area contributed by atoms with Crippen LogP contribution in [0.3, 0.4) is 0 Å². The predicted octanol–water partition coefficient (Wildman–Crippen LogP) is 1.31. The molecule has 1 atom stereocenters. The fraction of sp³-hybridized carbons (Fsp3) is 0.667. The van der Waals surface area contributed by atoms with Gasteiger partial charge in [0, 0.05) is 19.1 Å². The Morgan fingerprint density at radius 1 is 1.36 bits per heavy atom. The molecule has 1 aromatic heterocycles. The van der Waals surface area contributed by atoms with Crippen LogP contribution in [0.5, 0.6) is 0 Å². The van der Waals surface area contributed by atoms with Crippen molar-refractivity contribution in [2.24, 2.45) is 0 Å². The molecule has 2 heterocycles. The maximum Gasteiger partial charge on any atom is 0.471 e. The number of nitrogens with zero attached hydrogens (tertiary/aromatic N) is 4. The number of aromatic nitrogens is 3. The summed E-state index contributed by atoms with van der Waals surface area (Å²) in [5.74, 6) is -3.04. The van der Waals surface area contributed by atoms with Gasteiger partial charge in [-0.2, -0.15) is 13.2 Å². The van der Waals surface area contributed by atoms with E-state index in [1.165, 1.54) is 10.9 Å². The van der Waals surface area contributed by atoms with Crippen LogP contribution in [0.15, 0.2) is 6.20 Å². The number of rotatable bonds is 4. The molecular formula is C12H15F3N4O3. The monoisotopic (exact) mass is 320 g/mol. The van der Waals surface area contributed by atoms with Crippen molar-refractivity contribution in [2.75, 3.05) is 6.54 Å². The summed E-state index contributed by atoms with van der Waals surface area (Å²) in [5, 5.41) is 15.8. The third-order valence-corrected chi connectivity index (χ3v) is 3.58. The van der Waals surface area contributed by atoms with Crippen molar-refractivity contribution in [1.82, 2.24) is 19.9 Å². The summed E-state index contributed by atoms with van der Waals surface area (Å²) in [6, 6.07) is -0.527. The lowest BCUT2D eigenvalue weighted by molar-refractivity contribution is -0.189. The van der Waals surface area contributed by atoms with Crippen LogP contribution in [-0.2, 0) is 11.3 Å². The molecule has 1 fully saturated rings. The molecule has 0 spiro atoms. The Morgan fingerprint density at radius 3 is 2.68 bits per heavy atom. The van der Waals surface area contributed by atoms with Crippen molar-refractivity contribution in [1.29, 1.82) is 0 Å². The topological polar surface area (TPSA) is 88.3 Å². The number of alkyl halides is 3. The van der Waals surface area contributed by atoms with Crippen molar-refractivity contribution in [3.63, 3.8) is 0 Å². The third-order valence-electron chi connectivity index (χ3n) is 3.58. The molecule has 0 radical (unpaired) electrons. The molecule has 2 rings (SSSR count). The number of amides is 1. The van der Waals surface area contributed by atoms with Crippen LogP contribution >= 0.6 is 0 Å². The normalized spacial score (nSPS) is 19.2. The van der Waals surface area contributed by atoms with Crippen LogP contribution in [0.25, 0.3) is 0 Å².